The minimum absolute atomic E-state index is 0.153. The number of hydrogen-bond donors (Lipinski definition) is 1. The second-order valence-electron chi connectivity index (χ2n) is 4.22. The van der Waals surface area contributed by atoms with Crippen molar-refractivity contribution < 1.29 is 0 Å². The second kappa shape index (κ2) is 6.20. The van der Waals surface area contributed by atoms with Gasteiger partial charge in [0.15, 0.2) is 0 Å². The number of rotatable bonds is 4. The predicted octanol–water partition coefficient (Wildman–Crippen LogP) is 5.63. The lowest BCUT2D eigenvalue weighted by Crippen LogP contribution is -2.07. The summed E-state index contributed by atoms with van der Waals surface area (Å²) in [4.78, 5) is 2.47. The normalized spacial score (nSPS) is 12.7. The Balaban J connectivity index is 2.29. The van der Waals surface area contributed by atoms with Gasteiger partial charge in [0.2, 0.25) is 0 Å². The summed E-state index contributed by atoms with van der Waals surface area (Å²) in [5.74, 6) is 0. The van der Waals surface area contributed by atoms with Crippen LogP contribution in [0.5, 0.6) is 0 Å². The molecule has 0 fully saturated rings. The summed E-state index contributed by atoms with van der Waals surface area (Å²) in [5, 5.41) is 0.741. The summed E-state index contributed by atoms with van der Waals surface area (Å²) in [5.41, 5.74) is 7.30. The van der Waals surface area contributed by atoms with Gasteiger partial charge in [-0.05, 0) is 30.7 Å². The highest BCUT2D eigenvalue weighted by Crippen LogP contribution is 2.36. The number of hydrogen-bond acceptors (Lipinski definition) is 2. The molecule has 0 bridgehead atoms. The first-order valence-corrected chi connectivity index (χ1v) is 7.91. The maximum atomic E-state index is 6.14. The zero-order chi connectivity index (χ0) is 13.1. The molecule has 0 saturated carbocycles. The molecule has 1 heterocycles. The third-order valence-corrected chi connectivity index (χ3v) is 4.93. The van der Waals surface area contributed by atoms with Crippen molar-refractivity contribution >= 4 is 38.9 Å². The lowest BCUT2D eigenvalue weighted by Gasteiger charge is -2.07. The van der Waals surface area contributed by atoms with Crippen molar-refractivity contribution in [3.63, 3.8) is 0 Å². The summed E-state index contributed by atoms with van der Waals surface area (Å²) in [6.07, 6.45) is 2.14. The topological polar surface area (TPSA) is 26.0 Å². The molecule has 0 aliphatic carbocycles. The van der Waals surface area contributed by atoms with E-state index in [1.54, 1.807) is 11.3 Å². The fraction of sp³-hybridized carbons (Fsp3) is 0.286. The van der Waals surface area contributed by atoms with Gasteiger partial charge in [0, 0.05) is 30.9 Å². The smallest absolute Gasteiger partial charge is 0.0417 e. The molecule has 1 unspecified atom stereocenters. The van der Waals surface area contributed by atoms with E-state index in [0.717, 1.165) is 22.3 Å². The summed E-state index contributed by atoms with van der Waals surface area (Å²) < 4.78 is 1.02. The van der Waals surface area contributed by atoms with Crippen molar-refractivity contribution in [2.24, 2.45) is 5.73 Å². The quantitative estimate of drug-likeness (QED) is 0.764. The van der Waals surface area contributed by atoms with Gasteiger partial charge in [-0.25, -0.2) is 0 Å². The van der Waals surface area contributed by atoms with E-state index in [0.29, 0.717) is 0 Å². The summed E-state index contributed by atoms with van der Waals surface area (Å²) in [7, 11) is 0. The van der Waals surface area contributed by atoms with Crippen LogP contribution in [0.25, 0.3) is 10.4 Å². The predicted molar refractivity (Wildman–Crippen MR) is 84.3 cm³/mol. The van der Waals surface area contributed by atoms with Crippen LogP contribution in [-0.4, -0.2) is 0 Å². The molecule has 4 heteroatoms. The molecule has 0 saturated heterocycles. The van der Waals surface area contributed by atoms with Crippen LogP contribution in [-0.2, 0) is 0 Å². The van der Waals surface area contributed by atoms with E-state index >= 15 is 0 Å². The molecule has 18 heavy (non-hydrogen) atoms. The standard InChI is InChI=1S/C14H15BrClNS/c1-2-3-12(17)14-7-6-13(18-14)10-5-4-9(16)8-11(10)15/h4-8,12H,2-3,17H2,1H3. The molecule has 1 nitrogen and oxygen atoms in total. The zero-order valence-electron chi connectivity index (χ0n) is 10.1. The molecule has 0 aliphatic rings. The molecule has 2 N–H and O–H groups in total. The average molecular weight is 345 g/mol. The molecule has 1 atom stereocenters. The van der Waals surface area contributed by atoms with Gasteiger partial charge >= 0.3 is 0 Å². The fourth-order valence-electron chi connectivity index (χ4n) is 1.84. The lowest BCUT2D eigenvalue weighted by atomic mass is 10.1. The first-order chi connectivity index (χ1) is 8.61. The maximum absolute atomic E-state index is 6.14. The van der Waals surface area contributed by atoms with E-state index in [9.17, 15) is 0 Å². The Morgan fingerprint density at radius 2 is 2.11 bits per heavy atom. The van der Waals surface area contributed by atoms with Crippen LogP contribution in [0.2, 0.25) is 5.02 Å². The van der Waals surface area contributed by atoms with Gasteiger partial charge < -0.3 is 5.73 Å². The summed E-state index contributed by atoms with van der Waals surface area (Å²) in [6, 6.07) is 10.3. The van der Waals surface area contributed by atoms with Crippen LogP contribution >= 0.6 is 38.9 Å². The van der Waals surface area contributed by atoms with Crippen molar-refractivity contribution in [3.8, 4) is 10.4 Å². The summed E-state index contributed by atoms with van der Waals surface area (Å²) in [6.45, 7) is 2.16. The Morgan fingerprint density at radius 3 is 2.78 bits per heavy atom. The maximum Gasteiger partial charge on any atom is 0.0417 e. The number of benzene rings is 1. The lowest BCUT2D eigenvalue weighted by molar-refractivity contribution is 0.648. The molecule has 1 aromatic carbocycles. The van der Waals surface area contributed by atoms with Crippen LogP contribution in [0.3, 0.4) is 0 Å². The van der Waals surface area contributed by atoms with Gasteiger partial charge in [0.25, 0.3) is 0 Å². The molecule has 96 valence electrons. The number of halogens is 2. The first kappa shape index (κ1) is 14.1. The molecule has 0 spiro atoms. The van der Waals surface area contributed by atoms with Crippen LogP contribution in [0, 0.1) is 0 Å². The van der Waals surface area contributed by atoms with Crippen LogP contribution < -0.4 is 5.73 Å². The Bertz CT molecular complexity index is 538. The Hall–Kier alpha value is -0.350. The zero-order valence-corrected chi connectivity index (χ0v) is 13.3. The van der Waals surface area contributed by atoms with E-state index < -0.39 is 0 Å². The highest BCUT2D eigenvalue weighted by Gasteiger charge is 2.11. The van der Waals surface area contributed by atoms with Crippen LogP contribution in [0.1, 0.15) is 30.7 Å². The van der Waals surface area contributed by atoms with Gasteiger partial charge in [0.05, 0.1) is 0 Å². The van der Waals surface area contributed by atoms with E-state index in [4.69, 9.17) is 17.3 Å². The monoisotopic (exact) mass is 343 g/mol. The van der Waals surface area contributed by atoms with Gasteiger partial charge in [-0.1, -0.05) is 46.9 Å². The van der Waals surface area contributed by atoms with Gasteiger partial charge in [-0.2, -0.15) is 0 Å². The van der Waals surface area contributed by atoms with Gasteiger partial charge in [0.1, 0.15) is 0 Å². The van der Waals surface area contributed by atoms with Crippen LogP contribution in [0.4, 0.5) is 0 Å². The SMILES string of the molecule is CCCC(N)c1ccc(-c2ccc(Cl)cc2Br)s1. The Kier molecular flexibility index (Phi) is 4.84. The molecule has 1 aromatic heterocycles. The molecule has 0 amide bonds. The molecule has 2 aromatic rings. The molecular weight excluding hydrogens is 330 g/mol. The largest absolute Gasteiger partial charge is 0.323 e. The highest BCUT2D eigenvalue weighted by molar-refractivity contribution is 9.10. The third kappa shape index (κ3) is 3.15. The first-order valence-electron chi connectivity index (χ1n) is 5.92. The van der Waals surface area contributed by atoms with E-state index in [2.05, 4.69) is 35.0 Å². The van der Waals surface area contributed by atoms with E-state index in [-0.39, 0.29) is 6.04 Å². The molecule has 2 rings (SSSR count). The number of nitrogens with two attached hydrogens (primary N) is 1. The van der Waals surface area contributed by atoms with Crippen LogP contribution in [0.15, 0.2) is 34.8 Å². The minimum atomic E-state index is 0.153. The minimum Gasteiger partial charge on any atom is -0.323 e. The Morgan fingerprint density at radius 1 is 1.33 bits per heavy atom. The van der Waals surface area contributed by atoms with Crippen molar-refractivity contribution in [2.75, 3.05) is 0 Å². The molecular formula is C14H15BrClNS. The average Bonchev–Trinajstić information content (AvgIpc) is 2.78. The van der Waals surface area contributed by atoms with Gasteiger partial charge in [-0.3, -0.25) is 0 Å². The number of thiophene rings is 1. The fourth-order valence-corrected chi connectivity index (χ4v) is 3.95. The van der Waals surface area contributed by atoms with E-state index in [1.165, 1.54) is 15.3 Å². The Labute approximate surface area is 125 Å². The third-order valence-electron chi connectivity index (χ3n) is 2.79. The van der Waals surface area contributed by atoms with Crippen molar-refractivity contribution in [2.45, 2.75) is 25.8 Å². The van der Waals surface area contributed by atoms with Gasteiger partial charge in [-0.15, -0.1) is 11.3 Å². The second-order valence-corrected chi connectivity index (χ2v) is 6.63. The van der Waals surface area contributed by atoms with Crippen molar-refractivity contribution in [1.29, 1.82) is 0 Å². The molecule has 0 radical (unpaired) electrons. The summed E-state index contributed by atoms with van der Waals surface area (Å²) >= 11 is 11.3. The van der Waals surface area contributed by atoms with E-state index in [1.807, 2.05) is 18.2 Å². The van der Waals surface area contributed by atoms with Crippen molar-refractivity contribution in [1.82, 2.24) is 0 Å². The molecule has 0 aliphatic heterocycles. The van der Waals surface area contributed by atoms with Crippen molar-refractivity contribution in [3.05, 3.63) is 44.7 Å². The highest BCUT2D eigenvalue weighted by atomic mass is 79.9.